The molecule has 1 aromatic carbocycles. The van der Waals surface area contributed by atoms with Gasteiger partial charge in [0.1, 0.15) is 6.10 Å². The molecular weight excluding hydrogens is 440 g/mol. The number of aromatic nitrogens is 2. The zero-order chi connectivity index (χ0) is 22.3. The molecule has 1 aliphatic heterocycles. The number of cyclic esters (lactones) is 1. The summed E-state index contributed by atoms with van der Waals surface area (Å²) in [6, 6.07) is 12.3. The molecule has 1 fully saturated rings. The molecule has 1 aliphatic rings. The van der Waals surface area contributed by atoms with Crippen LogP contribution < -0.4 is 5.32 Å². The third kappa shape index (κ3) is 5.86. The predicted octanol–water partition coefficient (Wildman–Crippen LogP) is 5.22. The number of thioether (sulfide) groups is 2. The van der Waals surface area contributed by atoms with Crippen LogP contribution in [0.3, 0.4) is 0 Å². The fourth-order valence-corrected chi connectivity index (χ4v) is 5.68. The van der Waals surface area contributed by atoms with E-state index in [1.165, 1.54) is 10.5 Å². The van der Waals surface area contributed by atoms with Crippen LogP contribution in [0, 0.1) is 6.92 Å². The topological polar surface area (TPSA) is 67.4 Å². The first-order valence-corrected chi connectivity index (χ1v) is 12.9. The van der Waals surface area contributed by atoms with Crippen LogP contribution in [0.15, 0.2) is 53.7 Å². The number of nitrogens with zero attached hydrogens (tertiary/aromatic N) is 3. The fraction of sp³-hybridized carbons (Fsp3) is 0.375. The van der Waals surface area contributed by atoms with Crippen molar-refractivity contribution in [2.75, 3.05) is 36.2 Å². The number of pyridine rings is 2. The highest BCUT2D eigenvalue weighted by Gasteiger charge is 2.27. The van der Waals surface area contributed by atoms with Gasteiger partial charge in [0.25, 0.3) is 0 Å². The molecule has 3 aromatic rings. The number of fused-ring (bicyclic) bond motifs is 1. The Morgan fingerprint density at radius 2 is 2.09 bits per heavy atom. The number of carbonyl (C=O) groups is 1. The van der Waals surface area contributed by atoms with Crippen molar-refractivity contribution in [3.8, 4) is 0 Å². The van der Waals surface area contributed by atoms with Gasteiger partial charge in [-0.1, -0.05) is 18.2 Å². The second-order valence-corrected chi connectivity index (χ2v) is 10.1. The molecule has 32 heavy (non-hydrogen) atoms. The van der Waals surface area contributed by atoms with Crippen molar-refractivity contribution in [2.24, 2.45) is 0 Å². The number of anilines is 1. The first-order valence-electron chi connectivity index (χ1n) is 10.8. The Morgan fingerprint density at radius 1 is 1.22 bits per heavy atom. The summed E-state index contributed by atoms with van der Waals surface area (Å²) in [5, 5.41) is 4.59. The van der Waals surface area contributed by atoms with Crippen molar-refractivity contribution in [1.82, 2.24) is 14.9 Å². The zero-order valence-corrected chi connectivity index (χ0v) is 20.0. The van der Waals surface area contributed by atoms with E-state index in [-0.39, 0.29) is 12.2 Å². The number of hydrogen-bond donors (Lipinski definition) is 1. The molecule has 0 spiro atoms. The van der Waals surface area contributed by atoms with Crippen molar-refractivity contribution in [2.45, 2.75) is 30.9 Å². The van der Waals surface area contributed by atoms with E-state index >= 15 is 0 Å². The van der Waals surface area contributed by atoms with Gasteiger partial charge >= 0.3 is 6.09 Å². The van der Waals surface area contributed by atoms with E-state index in [9.17, 15) is 4.79 Å². The summed E-state index contributed by atoms with van der Waals surface area (Å²) in [5.41, 5.74) is 4.29. The molecule has 2 aromatic heterocycles. The van der Waals surface area contributed by atoms with Crippen molar-refractivity contribution >= 4 is 46.2 Å². The average Bonchev–Trinajstić information content (AvgIpc) is 3.13. The van der Waals surface area contributed by atoms with Crippen LogP contribution in [0.2, 0.25) is 0 Å². The number of ether oxygens (including phenoxy) is 1. The Labute approximate surface area is 197 Å². The lowest BCUT2D eigenvalue weighted by molar-refractivity contribution is 0.142. The van der Waals surface area contributed by atoms with Crippen LogP contribution in [0.25, 0.3) is 10.9 Å². The van der Waals surface area contributed by atoms with Gasteiger partial charge in [-0.05, 0) is 48.6 Å². The summed E-state index contributed by atoms with van der Waals surface area (Å²) < 4.78 is 5.30. The summed E-state index contributed by atoms with van der Waals surface area (Å²) in [6.07, 6.45) is 4.70. The highest BCUT2D eigenvalue weighted by Crippen LogP contribution is 2.26. The lowest BCUT2D eigenvalue weighted by Crippen LogP contribution is -2.20. The van der Waals surface area contributed by atoms with E-state index in [4.69, 9.17) is 4.74 Å². The molecule has 6 nitrogen and oxygen atoms in total. The molecule has 1 N–H and O–H groups in total. The summed E-state index contributed by atoms with van der Waals surface area (Å²) >= 11 is 3.74. The number of rotatable bonds is 10. The van der Waals surface area contributed by atoms with Gasteiger partial charge < -0.3 is 15.0 Å². The molecule has 0 saturated carbocycles. The zero-order valence-electron chi connectivity index (χ0n) is 18.4. The fourth-order valence-electron chi connectivity index (χ4n) is 3.54. The number of carbonyl (C=O) groups excluding carboxylic acids is 1. The van der Waals surface area contributed by atoms with E-state index in [0.717, 1.165) is 46.0 Å². The Balaban J connectivity index is 1.22. The minimum Gasteiger partial charge on any atom is -0.443 e. The third-order valence-corrected chi connectivity index (χ3v) is 7.79. The van der Waals surface area contributed by atoms with Crippen LogP contribution in [0.4, 0.5) is 10.5 Å². The molecule has 1 unspecified atom stereocenters. The monoisotopic (exact) mass is 468 g/mol. The highest BCUT2D eigenvalue weighted by atomic mass is 32.2. The number of likely N-dealkylation sites (N-methyl/N-ethyl adjacent to an activating group) is 1. The third-order valence-electron chi connectivity index (χ3n) is 5.36. The van der Waals surface area contributed by atoms with Crippen LogP contribution in [-0.2, 0) is 11.3 Å². The molecule has 3 heterocycles. The number of hydrogen-bond acceptors (Lipinski definition) is 7. The Kier molecular flexibility index (Phi) is 7.76. The maximum atomic E-state index is 11.4. The normalized spacial score (nSPS) is 15.9. The van der Waals surface area contributed by atoms with Crippen LogP contribution in [0.5, 0.6) is 0 Å². The van der Waals surface area contributed by atoms with E-state index in [0.29, 0.717) is 13.1 Å². The Morgan fingerprint density at radius 3 is 2.94 bits per heavy atom. The van der Waals surface area contributed by atoms with Gasteiger partial charge in [0.15, 0.2) is 0 Å². The molecule has 0 aliphatic carbocycles. The lowest BCUT2D eigenvalue weighted by atomic mass is 10.2. The van der Waals surface area contributed by atoms with Crippen molar-refractivity contribution in [3.63, 3.8) is 0 Å². The molecule has 1 atom stereocenters. The maximum Gasteiger partial charge on any atom is 0.409 e. The molecule has 8 heteroatoms. The smallest absolute Gasteiger partial charge is 0.409 e. The molecule has 168 valence electrons. The van der Waals surface area contributed by atoms with Crippen molar-refractivity contribution in [3.05, 3.63) is 60.0 Å². The van der Waals surface area contributed by atoms with E-state index in [2.05, 4.69) is 40.4 Å². The van der Waals surface area contributed by atoms with Gasteiger partial charge in [-0.3, -0.25) is 9.97 Å². The quantitative estimate of drug-likeness (QED) is 0.323. The molecule has 1 amide bonds. The average molecular weight is 469 g/mol. The summed E-state index contributed by atoms with van der Waals surface area (Å²) in [5.74, 6) is 3.00. The molecule has 0 radical (unpaired) electrons. The molecular formula is C24H28N4O2S2. The molecule has 1 saturated heterocycles. The van der Waals surface area contributed by atoms with Gasteiger partial charge in [0.05, 0.1) is 36.2 Å². The number of nitrogens with one attached hydrogen (secondary N) is 1. The van der Waals surface area contributed by atoms with Gasteiger partial charge in [-0.25, -0.2) is 4.79 Å². The van der Waals surface area contributed by atoms with E-state index in [1.807, 2.05) is 54.1 Å². The maximum absolute atomic E-state index is 11.4. The number of para-hydroxylation sites is 1. The summed E-state index contributed by atoms with van der Waals surface area (Å²) in [6.45, 7) is 3.51. The van der Waals surface area contributed by atoms with Gasteiger partial charge in [-0.2, -0.15) is 11.8 Å². The van der Waals surface area contributed by atoms with Gasteiger partial charge in [0, 0.05) is 29.3 Å². The standard InChI is InChI=1S/C24H28N4O2S2/c1-17-22(14-26-19-12-18-6-3-4-7-21(18)27-13-19)25-9-8-23(17)32-11-5-10-31-16-20-15-28(2)24(29)30-20/h3-4,6-9,12-13,20,26H,5,10-11,14-16H2,1-2H3. The van der Waals surface area contributed by atoms with Crippen LogP contribution in [0.1, 0.15) is 17.7 Å². The Bertz CT molecular complexity index is 1080. The van der Waals surface area contributed by atoms with Gasteiger partial charge in [-0.15, -0.1) is 11.8 Å². The summed E-state index contributed by atoms with van der Waals surface area (Å²) in [4.78, 5) is 23.4. The molecule has 4 rings (SSSR count). The van der Waals surface area contributed by atoms with Crippen LogP contribution in [-0.4, -0.2) is 57.9 Å². The second-order valence-electron chi connectivity index (χ2n) is 7.81. The highest BCUT2D eigenvalue weighted by molar-refractivity contribution is 8.00. The Hall–Kier alpha value is -2.45. The summed E-state index contributed by atoms with van der Waals surface area (Å²) in [7, 11) is 1.78. The van der Waals surface area contributed by atoms with Gasteiger partial charge in [0.2, 0.25) is 0 Å². The lowest BCUT2D eigenvalue weighted by Gasteiger charge is -2.12. The number of benzene rings is 1. The number of amides is 1. The predicted molar refractivity (Wildman–Crippen MR) is 134 cm³/mol. The SMILES string of the molecule is Cc1c(SCCCSCC2CN(C)C(=O)O2)ccnc1CNc1cnc2ccccc2c1. The van der Waals surface area contributed by atoms with Crippen molar-refractivity contribution < 1.29 is 9.53 Å². The minimum atomic E-state index is -0.207. The van der Waals surface area contributed by atoms with E-state index < -0.39 is 0 Å². The molecule has 0 bridgehead atoms. The van der Waals surface area contributed by atoms with E-state index in [1.54, 1.807) is 11.9 Å². The minimum absolute atomic E-state index is 0.0282. The first-order chi connectivity index (χ1) is 15.6. The second kappa shape index (κ2) is 10.9. The van der Waals surface area contributed by atoms with Crippen molar-refractivity contribution in [1.29, 1.82) is 0 Å². The first kappa shape index (κ1) is 22.7. The van der Waals surface area contributed by atoms with Crippen LogP contribution >= 0.6 is 23.5 Å². The largest absolute Gasteiger partial charge is 0.443 e.